The van der Waals surface area contributed by atoms with Gasteiger partial charge in [0.1, 0.15) is 12.6 Å². The molecule has 0 amide bonds. The van der Waals surface area contributed by atoms with Crippen LogP contribution in [0.25, 0.3) is 73.8 Å². The molecule has 0 saturated heterocycles. The first kappa shape index (κ1) is 1550. The Bertz CT molecular complexity index is 155. The zero-order valence-electron chi connectivity index (χ0n) is 13.5. The first-order valence-electron chi connectivity index (χ1n) is 3.25. The minimum absolute atomic E-state index is 0. The SMILES string of the molecule is C.C.C.C.C.C.C.C.C.C.C.C.C.C.C.C.C.C.C.C.C.C.C.C.C.C.C.C.C.N[C@H](C=O)CS.N[C@H](C=O)CS.[NH2-].[NH2-].[NH2-].[NH2-].[NH2-].[NH2-].[NH2-].[NH2-].[NH2-].[NH2-].[NH2-].[NH2-]. The van der Waals surface area contributed by atoms with Crippen molar-refractivity contribution < 1.29 is 9.59 Å². The minimum Gasteiger partial charge on any atom is -0.693 e. The van der Waals surface area contributed by atoms with Crippen LogP contribution in [0.3, 0.4) is 0 Å². The van der Waals surface area contributed by atoms with Crippen molar-refractivity contribution in [1.29, 1.82) is 0 Å². The van der Waals surface area contributed by atoms with Crippen LogP contribution in [0.1, 0.15) is 215 Å². The van der Waals surface area contributed by atoms with Crippen molar-refractivity contribution >= 4 is 37.8 Å². The minimum atomic E-state index is -0.381. The van der Waals surface area contributed by atoms with Gasteiger partial charge in [0.15, 0.2) is 0 Å². The van der Waals surface area contributed by atoms with E-state index in [0.29, 0.717) is 24.1 Å². The number of thiol groups is 2. The predicted molar refractivity (Wildman–Crippen MR) is 314 cm³/mol. The zero-order valence-corrected chi connectivity index (χ0v) is 15.3. The maximum atomic E-state index is 9.56. The van der Waals surface area contributed by atoms with E-state index in [9.17, 15) is 9.59 Å². The van der Waals surface area contributed by atoms with E-state index < -0.39 is 0 Å². The van der Waals surface area contributed by atoms with Crippen LogP contribution in [0.4, 0.5) is 0 Å². The molecule has 0 rings (SSSR count). The summed E-state index contributed by atoms with van der Waals surface area (Å²) in [5.74, 6) is 0.868. The van der Waals surface area contributed by atoms with E-state index in [0.717, 1.165) is 0 Å². The second-order valence-corrected chi connectivity index (χ2v) is 2.70. The molecule has 400 valence electrons. The molecule has 0 aromatic rings. The van der Waals surface area contributed by atoms with Crippen LogP contribution < -0.4 is 11.5 Å². The summed E-state index contributed by atoms with van der Waals surface area (Å²) in [7, 11) is 0. The van der Waals surface area contributed by atoms with Gasteiger partial charge in [-0.3, -0.25) is 0 Å². The molecule has 0 aliphatic rings. The lowest BCUT2D eigenvalue weighted by Crippen LogP contribution is -2.22. The van der Waals surface area contributed by atoms with Crippen molar-refractivity contribution in [3.63, 3.8) is 0 Å². The fraction of sp³-hybridized carbons (Fsp3) is 0.943. The van der Waals surface area contributed by atoms with E-state index in [2.05, 4.69) is 25.3 Å². The molecule has 18 heteroatoms. The molecule has 16 nitrogen and oxygen atoms in total. The van der Waals surface area contributed by atoms with Crippen molar-refractivity contribution in [1.82, 2.24) is 0 Å². The molecule has 0 bridgehead atoms. The molecule has 0 radical (unpaired) electrons. The third-order valence-corrected chi connectivity index (χ3v) is 1.61. The largest absolute Gasteiger partial charge is 0.693 e. The molecule has 0 saturated carbocycles. The molecule has 0 unspecified atom stereocenters. The molecule has 0 spiro atoms. The molecule has 0 aliphatic carbocycles. The van der Waals surface area contributed by atoms with E-state index in [1.807, 2.05) is 0 Å². The number of hydrogen-bond donors (Lipinski definition) is 4. The highest BCUT2D eigenvalue weighted by molar-refractivity contribution is 7.80. The van der Waals surface area contributed by atoms with E-state index >= 15 is 0 Å². The van der Waals surface area contributed by atoms with E-state index in [-0.39, 0.29) is 301 Å². The summed E-state index contributed by atoms with van der Waals surface area (Å²) in [6, 6.07) is -0.762. The standard InChI is InChI=1S/2C3H7NOS.29CH4.12H2N/c2*4-3(1-5)2-6;;;;;;;;;;;;;;;;;;;;;;;;;;;;;;;;;;;;;;;;;/h2*1,3,6H,2,4H2;29*1H4;12*1H2/q;;;;;;;;;;;;;;;;;;;;;;;;;;;;;;;12*-1/t2*3-;;;;;;;;;;;;;;;;;;;;;;;;;;;;;;;;;;;;;;;;;/m11........................................./s1. The molecule has 0 heterocycles. The molecule has 0 aliphatic heterocycles. The monoisotopic (exact) mass is 867 g/mol. The molecule has 28 N–H and O–H groups in total. The highest BCUT2D eigenvalue weighted by Gasteiger charge is 1.90. The van der Waals surface area contributed by atoms with E-state index in [4.69, 9.17) is 11.5 Å². The molecular weight excluding hydrogens is 713 g/mol. The van der Waals surface area contributed by atoms with Gasteiger partial charge in [0.05, 0.1) is 12.1 Å². The topological polar surface area (TPSA) is 488 Å². The fourth-order valence-corrected chi connectivity index (χ4v) is 0.258. The highest BCUT2D eigenvalue weighted by atomic mass is 32.1. The zero-order chi connectivity index (χ0) is 9.98. The van der Waals surface area contributed by atoms with Crippen LogP contribution in [0.15, 0.2) is 0 Å². The van der Waals surface area contributed by atoms with E-state index in [1.165, 1.54) is 0 Å². The average Bonchev–Trinajstić information content (AvgIpc) is 2.16. The Balaban J connectivity index is -0.000000000519. The molecular formula is C35H154N14O2S2-12. The van der Waals surface area contributed by atoms with Crippen molar-refractivity contribution in [3.8, 4) is 0 Å². The summed E-state index contributed by atoms with van der Waals surface area (Å²) >= 11 is 7.48. The Labute approximate surface area is 370 Å². The number of carbonyl (C=O) groups is 2. The van der Waals surface area contributed by atoms with Crippen LogP contribution >= 0.6 is 25.3 Å². The van der Waals surface area contributed by atoms with Crippen LogP contribution in [-0.2, 0) is 9.59 Å². The van der Waals surface area contributed by atoms with Crippen molar-refractivity contribution in [3.05, 3.63) is 73.8 Å². The van der Waals surface area contributed by atoms with Gasteiger partial charge in [-0.15, -0.1) is 0 Å². The van der Waals surface area contributed by atoms with Gasteiger partial charge in [-0.1, -0.05) is 215 Å². The van der Waals surface area contributed by atoms with E-state index in [1.54, 1.807) is 0 Å². The Morgan fingerprint density at radius 2 is 0.321 bits per heavy atom. The van der Waals surface area contributed by atoms with Gasteiger partial charge in [-0.25, -0.2) is 0 Å². The first-order valence-corrected chi connectivity index (χ1v) is 4.52. The van der Waals surface area contributed by atoms with Crippen LogP contribution in [-0.4, -0.2) is 36.2 Å². The first-order chi connectivity index (χ1) is 5.62. The Hall–Kier alpha value is -0.520. The lowest BCUT2D eigenvalue weighted by Gasteiger charge is -1.90. The molecule has 0 aromatic heterocycles. The van der Waals surface area contributed by atoms with Gasteiger partial charge in [0.2, 0.25) is 0 Å². The number of nitrogens with two attached hydrogens (primary N) is 14. The third-order valence-electron chi connectivity index (χ3n) is 0.771. The van der Waals surface area contributed by atoms with Crippen LogP contribution in [0.2, 0.25) is 0 Å². The Morgan fingerprint density at radius 3 is 0.321 bits per heavy atom. The van der Waals surface area contributed by atoms with Gasteiger partial charge < -0.3 is 94.9 Å². The average molecular weight is 868 g/mol. The summed E-state index contributed by atoms with van der Waals surface area (Å²) in [6.45, 7) is 0. The van der Waals surface area contributed by atoms with Gasteiger partial charge in [0.25, 0.3) is 0 Å². The maximum Gasteiger partial charge on any atom is 0.137 e. The third kappa shape index (κ3) is 2250. The normalized spacial score (nSPS) is 3.09. The van der Waals surface area contributed by atoms with Gasteiger partial charge in [-0.2, -0.15) is 25.3 Å². The van der Waals surface area contributed by atoms with Crippen molar-refractivity contribution in [2.24, 2.45) is 11.5 Å². The summed E-state index contributed by atoms with van der Waals surface area (Å²) in [5.41, 5.74) is 10.1. The number of aldehydes is 2. The fourth-order valence-electron chi connectivity index (χ4n) is 0.0861. The van der Waals surface area contributed by atoms with Crippen LogP contribution in [0.5, 0.6) is 0 Å². The second-order valence-electron chi connectivity index (χ2n) is 1.97. The number of carbonyl (C=O) groups excluding carboxylic acids is 2. The molecule has 53 heavy (non-hydrogen) atoms. The summed E-state index contributed by atoms with van der Waals surface area (Å²) in [4.78, 5) is 19.1. The summed E-state index contributed by atoms with van der Waals surface area (Å²) in [5, 5.41) is 0. The molecule has 0 aromatic carbocycles. The number of hydrogen-bond acceptors (Lipinski definition) is 6. The molecule has 2 atom stereocenters. The van der Waals surface area contributed by atoms with Gasteiger partial charge in [-0.05, 0) is 0 Å². The summed E-state index contributed by atoms with van der Waals surface area (Å²) < 4.78 is 0. The second kappa shape index (κ2) is 1460. The molecule has 0 fully saturated rings. The smallest absolute Gasteiger partial charge is 0.137 e. The van der Waals surface area contributed by atoms with Crippen LogP contribution in [0, 0.1) is 0 Å². The predicted octanol–water partition coefficient (Wildman–Crippen LogP) is 25.9. The Kier molecular flexibility index (Phi) is 42600. The highest BCUT2D eigenvalue weighted by Crippen LogP contribution is 1.74. The lowest BCUT2D eigenvalue weighted by atomic mass is 10.4. The summed E-state index contributed by atoms with van der Waals surface area (Å²) in [6.07, 6.45) is 1.35. The maximum absolute atomic E-state index is 9.56. The quantitative estimate of drug-likeness (QED) is 0.158. The van der Waals surface area contributed by atoms with Gasteiger partial charge >= 0.3 is 0 Å². The lowest BCUT2D eigenvalue weighted by molar-refractivity contribution is -0.109. The van der Waals surface area contributed by atoms with Gasteiger partial charge in [0, 0.05) is 11.5 Å². The number of rotatable bonds is 4. The van der Waals surface area contributed by atoms with Crippen molar-refractivity contribution in [2.45, 2.75) is 227 Å². The Morgan fingerprint density at radius 1 is 0.264 bits per heavy atom. The van der Waals surface area contributed by atoms with Crippen molar-refractivity contribution in [2.75, 3.05) is 11.5 Å².